The van der Waals surface area contributed by atoms with Crippen molar-refractivity contribution >= 4 is 17.7 Å². The van der Waals surface area contributed by atoms with E-state index in [1.165, 1.54) is 28.5 Å². The van der Waals surface area contributed by atoms with Crippen LogP contribution in [0.4, 0.5) is 0 Å². The number of hydrogen-bond acceptors (Lipinski definition) is 4. The number of nitrogens with one attached hydrogen (secondary N) is 1. The molecule has 2 heterocycles. The van der Waals surface area contributed by atoms with Gasteiger partial charge in [0.15, 0.2) is 0 Å². The number of rotatable bonds is 5. The van der Waals surface area contributed by atoms with Crippen molar-refractivity contribution in [3.8, 4) is 0 Å². The first-order valence-corrected chi connectivity index (χ1v) is 9.41. The van der Waals surface area contributed by atoms with Gasteiger partial charge in [0.05, 0.1) is 6.04 Å². The fraction of sp³-hybridized carbons (Fsp3) is 0.500. The predicted molar refractivity (Wildman–Crippen MR) is 96.1 cm³/mol. The number of aromatic nitrogens is 3. The van der Waals surface area contributed by atoms with E-state index in [9.17, 15) is 4.79 Å². The van der Waals surface area contributed by atoms with Crippen molar-refractivity contribution in [3.05, 3.63) is 40.7 Å². The molecule has 1 aromatic heterocycles. The highest BCUT2D eigenvalue weighted by Crippen LogP contribution is 2.33. The first-order chi connectivity index (χ1) is 11.5. The second-order valence-corrected chi connectivity index (χ2v) is 7.53. The molecule has 1 aliphatic heterocycles. The van der Waals surface area contributed by atoms with Crippen LogP contribution >= 0.6 is 11.8 Å². The zero-order valence-electron chi connectivity index (χ0n) is 14.5. The highest BCUT2D eigenvalue weighted by Gasteiger charge is 2.29. The summed E-state index contributed by atoms with van der Waals surface area (Å²) in [7, 11) is 0. The monoisotopic (exact) mass is 344 g/mol. The van der Waals surface area contributed by atoms with Gasteiger partial charge in [-0.1, -0.05) is 41.1 Å². The molecule has 1 aliphatic rings. The Morgan fingerprint density at radius 1 is 1.29 bits per heavy atom. The van der Waals surface area contributed by atoms with Crippen molar-refractivity contribution in [1.82, 2.24) is 20.1 Å². The molecule has 1 saturated heterocycles. The summed E-state index contributed by atoms with van der Waals surface area (Å²) in [6.45, 7) is 6.97. The van der Waals surface area contributed by atoms with E-state index in [1.807, 2.05) is 6.92 Å². The molecular formula is C18H24N4OS. The summed E-state index contributed by atoms with van der Waals surface area (Å²) < 4.78 is 0. The van der Waals surface area contributed by atoms with Crippen LogP contribution in [0.3, 0.4) is 0 Å². The van der Waals surface area contributed by atoms with Gasteiger partial charge in [0.25, 0.3) is 0 Å². The van der Waals surface area contributed by atoms with E-state index in [-0.39, 0.29) is 11.9 Å². The van der Waals surface area contributed by atoms with Crippen LogP contribution in [-0.4, -0.2) is 38.3 Å². The average molecular weight is 344 g/mol. The fourth-order valence-electron chi connectivity index (χ4n) is 3.37. The Kier molecular flexibility index (Phi) is 5.23. The maximum atomic E-state index is 12.7. The Balaban J connectivity index is 1.61. The maximum absolute atomic E-state index is 12.7. The lowest BCUT2D eigenvalue weighted by Gasteiger charge is -2.25. The molecule has 0 radical (unpaired) electrons. The zero-order chi connectivity index (χ0) is 17.1. The number of aromatic amines is 1. The van der Waals surface area contributed by atoms with Crippen molar-refractivity contribution in [1.29, 1.82) is 0 Å². The molecule has 0 bridgehead atoms. The number of thioether (sulfide) groups is 1. The van der Waals surface area contributed by atoms with Crippen LogP contribution in [-0.2, 0) is 4.79 Å². The van der Waals surface area contributed by atoms with Gasteiger partial charge < -0.3 is 4.90 Å². The van der Waals surface area contributed by atoms with Crippen molar-refractivity contribution in [2.75, 3.05) is 12.3 Å². The molecule has 0 aliphatic carbocycles. The Bertz CT molecular complexity index is 707. The molecule has 0 saturated carbocycles. The molecule has 24 heavy (non-hydrogen) atoms. The number of aryl methyl sites for hydroxylation is 3. The first kappa shape index (κ1) is 17.0. The smallest absolute Gasteiger partial charge is 0.223 e. The minimum atomic E-state index is 0.229. The third kappa shape index (κ3) is 3.98. The molecule has 3 rings (SSSR count). The average Bonchev–Trinajstić information content (AvgIpc) is 3.15. The van der Waals surface area contributed by atoms with Crippen molar-refractivity contribution in [3.63, 3.8) is 0 Å². The lowest BCUT2D eigenvalue weighted by molar-refractivity contribution is -0.131. The molecule has 1 unspecified atom stereocenters. The number of likely N-dealkylation sites (tertiary alicyclic amines) is 1. The van der Waals surface area contributed by atoms with Crippen LogP contribution < -0.4 is 0 Å². The van der Waals surface area contributed by atoms with Crippen molar-refractivity contribution in [2.24, 2.45) is 0 Å². The van der Waals surface area contributed by atoms with Crippen molar-refractivity contribution < 1.29 is 4.79 Å². The van der Waals surface area contributed by atoms with Crippen LogP contribution in [0, 0.1) is 20.8 Å². The molecule has 128 valence electrons. The van der Waals surface area contributed by atoms with E-state index < -0.39 is 0 Å². The van der Waals surface area contributed by atoms with Crippen LogP contribution in [0.15, 0.2) is 23.4 Å². The molecule has 0 spiro atoms. The fourth-order valence-corrected chi connectivity index (χ4v) is 4.14. The minimum absolute atomic E-state index is 0.229. The number of H-pyrrole nitrogens is 1. The van der Waals surface area contributed by atoms with Gasteiger partial charge in [-0.05, 0) is 39.2 Å². The third-order valence-electron chi connectivity index (χ3n) is 4.33. The lowest BCUT2D eigenvalue weighted by Crippen LogP contribution is -2.30. The van der Waals surface area contributed by atoms with Crippen LogP contribution in [0.2, 0.25) is 0 Å². The predicted octanol–water partition coefficient (Wildman–Crippen LogP) is 3.58. The van der Waals surface area contributed by atoms with Gasteiger partial charge >= 0.3 is 0 Å². The van der Waals surface area contributed by atoms with Gasteiger partial charge in [0.1, 0.15) is 5.82 Å². The maximum Gasteiger partial charge on any atom is 0.223 e. The summed E-state index contributed by atoms with van der Waals surface area (Å²) in [4.78, 5) is 19.0. The van der Waals surface area contributed by atoms with E-state index >= 15 is 0 Å². The Morgan fingerprint density at radius 2 is 2.04 bits per heavy atom. The normalized spacial score (nSPS) is 17.5. The zero-order valence-corrected chi connectivity index (χ0v) is 15.3. The topological polar surface area (TPSA) is 61.9 Å². The van der Waals surface area contributed by atoms with Crippen LogP contribution in [0.25, 0.3) is 0 Å². The molecule has 1 N–H and O–H groups in total. The summed E-state index contributed by atoms with van der Waals surface area (Å²) in [5.41, 5.74) is 3.80. The minimum Gasteiger partial charge on any atom is -0.336 e. The summed E-state index contributed by atoms with van der Waals surface area (Å²) in [5, 5.41) is 7.63. The SMILES string of the molecule is Cc1cc(C)cc(C2CCCN2C(=O)CCSc2n[nH]c(C)n2)c1. The van der Waals surface area contributed by atoms with Gasteiger partial charge in [-0.15, -0.1) is 5.10 Å². The first-order valence-electron chi connectivity index (χ1n) is 8.42. The largest absolute Gasteiger partial charge is 0.336 e. The van der Waals surface area contributed by atoms with E-state index in [0.717, 1.165) is 25.2 Å². The van der Waals surface area contributed by atoms with Crippen LogP contribution in [0.5, 0.6) is 0 Å². The number of hydrogen-bond donors (Lipinski definition) is 1. The third-order valence-corrected chi connectivity index (χ3v) is 5.17. The highest BCUT2D eigenvalue weighted by molar-refractivity contribution is 7.99. The summed E-state index contributed by atoms with van der Waals surface area (Å²) in [6, 6.07) is 6.84. The second kappa shape index (κ2) is 7.38. The van der Waals surface area contributed by atoms with E-state index in [2.05, 4.69) is 52.1 Å². The molecule has 6 heteroatoms. The van der Waals surface area contributed by atoms with Crippen LogP contribution in [0.1, 0.15) is 47.8 Å². The molecule has 1 atom stereocenters. The second-order valence-electron chi connectivity index (χ2n) is 6.47. The number of carbonyl (C=O) groups is 1. The summed E-state index contributed by atoms with van der Waals surface area (Å²) in [6.07, 6.45) is 2.66. The van der Waals surface area contributed by atoms with Crippen molar-refractivity contribution in [2.45, 2.75) is 51.2 Å². The molecule has 5 nitrogen and oxygen atoms in total. The Labute approximate surface area is 147 Å². The highest BCUT2D eigenvalue weighted by atomic mass is 32.2. The number of amides is 1. The molecule has 1 amide bonds. The van der Waals surface area contributed by atoms with E-state index in [4.69, 9.17) is 0 Å². The molecular weight excluding hydrogens is 320 g/mol. The van der Waals surface area contributed by atoms with Gasteiger partial charge in [-0.25, -0.2) is 4.98 Å². The van der Waals surface area contributed by atoms with Gasteiger partial charge in [0, 0.05) is 18.7 Å². The number of nitrogens with zero attached hydrogens (tertiary/aromatic N) is 3. The lowest BCUT2D eigenvalue weighted by atomic mass is 9.99. The van der Waals surface area contributed by atoms with E-state index in [1.54, 1.807) is 0 Å². The number of benzene rings is 1. The Morgan fingerprint density at radius 3 is 2.71 bits per heavy atom. The summed E-state index contributed by atoms with van der Waals surface area (Å²) >= 11 is 1.53. The van der Waals surface area contributed by atoms with Gasteiger partial charge in [-0.2, -0.15) is 0 Å². The molecule has 1 fully saturated rings. The molecule has 2 aromatic rings. The number of carbonyl (C=O) groups excluding carboxylic acids is 1. The van der Waals surface area contributed by atoms with Gasteiger partial charge in [-0.3, -0.25) is 9.89 Å². The Hall–Kier alpha value is -1.82. The standard InChI is InChI=1S/C18H24N4OS/c1-12-9-13(2)11-15(10-12)16-5-4-7-22(16)17(23)6-8-24-18-19-14(3)20-21-18/h9-11,16H,4-8H2,1-3H3,(H,19,20,21). The molecule has 1 aromatic carbocycles. The van der Waals surface area contributed by atoms with E-state index in [0.29, 0.717) is 17.3 Å². The quantitative estimate of drug-likeness (QED) is 0.842. The van der Waals surface area contributed by atoms with Gasteiger partial charge in [0.2, 0.25) is 11.1 Å². The summed E-state index contributed by atoms with van der Waals surface area (Å²) in [5.74, 6) is 1.75.